The summed E-state index contributed by atoms with van der Waals surface area (Å²) in [5.74, 6) is 0.639. The van der Waals surface area contributed by atoms with E-state index < -0.39 is 0 Å². The van der Waals surface area contributed by atoms with E-state index >= 15 is 0 Å². The number of hydrogen-bond donors (Lipinski definition) is 0. The molecule has 0 atom stereocenters. The van der Waals surface area contributed by atoms with E-state index in [-0.39, 0.29) is 0 Å². The van der Waals surface area contributed by atoms with Crippen molar-refractivity contribution in [3.8, 4) is 0 Å². The Kier molecular flexibility index (Phi) is 2.49. The Morgan fingerprint density at radius 3 is 2.79 bits per heavy atom. The molecular formula is C13H19N. The maximum Gasteiger partial charge on any atom is 0.0402 e. The SMILES string of the molecule is CCN1CCc2ccc(C(C)C)cc21. The highest BCUT2D eigenvalue weighted by Gasteiger charge is 2.17. The molecule has 0 saturated heterocycles. The van der Waals surface area contributed by atoms with Crippen LogP contribution in [0.1, 0.15) is 37.8 Å². The van der Waals surface area contributed by atoms with E-state index in [1.807, 2.05) is 0 Å². The molecule has 0 radical (unpaired) electrons. The second-order valence-corrected chi connectivity index (χ2v) is 4.37. The van der Waals surface area contributed by atoms with E-state index in [2.05, 4.69) is 43.9 Å². The van der Waals surface area contributed by atoms with Crippen molar-refractivity contribution >= 4 is 5.69 Å². The summed E-state index contributed by atoms with van der Waals surface area (Å²) in [6, 6.07) is 6.96. The lowest BCUT2D eigenvalue weighted by Crippen LogP contribution is -2.19. The second-order valence-electron chi connectivity index (χ2n) is 4.37. The molecule has 1 aliphatic heterocycles. The van der Waals surface area contributed by atoms with Crippen molar-refractivity contribution < 1.29 is 0 Å². The fourth-order valence-electron chi connectivity index (χ4n) is 2.15. The highest BCUT2D eigenvalue weighted by atomic mass is 15.1. The van der Waals surface area contributed by atoms with Crippen molar-refractivity contribution in [1.29, 1.82) is 0 Å². The molecule has 1 heterocycles. The first-order valence-electron chi connectivity index (χ1n) is 5.60. The quantitative estimate of drug-likeness (QED) is 0.690. The predicted octanol–water partition coefficient (Wildman–Crippen LogP) is 3.19. The van der Waals surface area contributed by atoms with Crippen LogP contribution in [0.4, 0.5) is 5.69 Å². The maximum atomic E-state index is 2.47. The summed E-state index contributed by atoms with van der Waals surface area (Å²) in [5, 5.41) is 0. The van der Waals surface area contributed by atoms with Crippen molar-refractivity contribution in [3.05, 3.63) is 29.3 Å². The van der Waals surface area contributed by atoms with Crippen LogP contribution in [0.3, 0.4) is 0 Å². The lowest BCUT2D eigenvalue weighted by molar-refractivity contribution is 0.855. The van der Waals surface area contributed by atoms with Crippen molar-refractivity contribution in [3.63, 3.8) is 0 Å². The Hall–Kier alpha value is -0.980. The van der Waals surface area contributed by atoms with Gasteiger partial charge in [0.05, 0.1) is 0 Å². The summed E-state index contributed by atoms with van der Waals surface area (Å²) in [7, 11) is 0. The molecule has 1 aromatic rings. The van der Waals surface area contributed by atoms with E-state index in [1.54, 1.807) is 0 Å². The summed E-state index contributed by atoms with van der Waals surface area (Å²) in [4.78, 5) is 2.47. The van der Waals surface area contributed by atoms with Crippen molar-refractivity contribution in [2.75, 3.05) is 18.0 Å². The third-order valence-electron chi connectivity index (χ3n) is 3.15. The van der Waals surface area contributed by atoms with Crippen LogP contribution in [0.2, 0.25) is 0 Å². The Morgan fingerprint density at radius 2 is 2.14 bits per heavy atom. The molecule has 2 rings (SSSR count). The number of benzene rings is 1. The van der Waals surface area contributed by atoms with E-state index in [0.717, 1.165) is 6.54 Å². The zero-order valence-corrected chi connectivity index (χ0v) is 9.38. The van der Waals surface area contributed by atoms with Crippen LogP contribution >= 0.6 is 0 Å². The summed E-state index contributed by atoms with van der Waals surface area (Å²) in [5.41, 5.74) is 4.46. The van der Waals surface area contributed by atoms with Crippen molar-refractivity contribution in [1.82, 2.24) is 0 Å². The lowest BCUT2D eigenvalue weighted by atomic mass is 10.0. The van der Waals surface area contributed by atoms with Crippen LogP contribution < -0.4 is 4.90 Å². The fraction of sp³-hybridized carbons (Fsp3) is 0.538. The van der Waals surface area contributed by atoms with Gasteiger partial charge < -0.3 is 4.90 Å². The fourth-order valence-corrected chi connectivity index (χ4v) is 2.15. The van der Waals surface area contributed by atoms with Gasteiger partial charge in [-0.25, -0.2) is 0 Å². The molecular weight excluding hydrogens is 170 g/mol. The Labute approximate surface area is 86.7 Å². The van der Waals surface area contributed by atoms with Crippen LogP contribution in [-0.2, 0) is 6.42 Å². The average molecular weight is 189 g/mol. The van der Waals surface area contributed by atoms with Gasteiger partial charge in [-0.1, -0.05) is 26.0 Å². The van der Waals surface area contributed by atoms with Crippen LogP contribution in [-0.4, -0.2) is 13.1 Å². The van der Waals surface area contributed by atoms with Gasteiger partial charge in [-0.15, -0.1) is 0 Å². The molecule has 0 aliphatic carbocycles. The van der Waals surface area contributed by atoms with Gasteiger partial charge in [0.25, 0.3) is 0 Å². The molecule has 1 aliphatic rings. The predicted molar refractivity (Wildman–Crippen MR) is 62.1 cm³/mol. The number of hydrogen-bond acceptors (Lipinski definition) is 1. The van der Waals surface area contributed by atoms with Gasteiger partial charge in [-0.05, 0) is 36.5 Å². The number of nitrogens with zero attached hydrogens (tertiary/aromatic N) is 1. The molecule has 0 unspecified atom stereocenters. The van der Waals surface area contributed by atoms with Crippen LogP contribution in [0.15, 0.2) is 18.2 Å². The molecule has 0 fully saturated rings. The number of anilines is 1. The molecule has 0 spiro atoms. The zero-order valence-electron chi connectivity index (χ0n) is 9.38. The van der Waals surface area contributed by atoms with Gasteiger partial charge in [0.15, 0.2) is 0 Å². The van der Waals surface area contributed by atoms with Gasteiger partial charge in [0.1, 0.15) is 0 Å². The van der Waals surface area contributed by atoms with Gasteiger partial charge in [0.2, 0.25) is 0 Å². The number of fused-ring (bicyclic) bond motifs is 1. The van der Waals surface area contributed by atoms with Crippen LogP contribution in [0.25, 0.3) is 0 Å². The Bertz CT molecular complexity index is 328. The normalized spacial score (nSPS) is 15.0. The van der Waals surface area contributed by atoms with Gasteiger partial charge in [-0.3, -0.25) is 0 Å². The highest BCUT2D eigenvalue weighted by molar-refractivity contribution is 5.59. The standard InChI is InChI=1S/C13H19N/c1-4-14-8-7-11-5-6-12(10(2)3)9-13(11)14/h5-6,9-10H,4,7-8H2,1-3H3. The minimum absolute atomic E-state index is 0.639. The summed E-state index contributed by atoms with van der Waals surface area (Å²) in [6.07, 6.45) is 1.22. The Morgan fingerprint density at radius 1 is 1.36 bits per heavy atom. The zero-order chi connectivity index (χ0) is 10.1. The first-order valence-corrected chi connectivity index (χ1v) is 5.60. The molecule has 0 amide bonds. The van der Waals surface area contributed by atoms with E-state index in [4.69, 9.17) is 0 Å². The first-order chi connectivity index (χ1) is 6.72. The third kappa shape index (κ3) is 1.52. The summed E-state index contributed by atoms with van der Waals surface area (Å²) in [6.45, 7) is 9.08. The molecule has 1 heteroatoms. The molecule has 1 nitrogen and oxygen atoms in total. The van der Waals surface area contributed by atoms with Gasteiger partial charge in [0, 0.05) is 18.8 Å². The summed E-state index contributed by atoms with van der Waals surface area (Å²) < 4.78 is 0. The molecule has 76 valence electrons. The number of rotatable bonds is 2. The molecule has 0 aromatic heterocycles. The lowest BCUT2D eigenvalue weighted by Gasteiger charge is -2.18. The molecule has 0 N–H and O–H groups in total. The monoisotopic (exact) mass is 189 g/mol. The van der Waals surface area contributed by atoms with E-state index in [1.165, 1.54) is 29.8 Å². The van der Waals surface area contributed by atoms with Crippen LogP contribution in [0.5, 0.6) is 0 Å². The molecule has 14 heavy (non-hydrogen) atoms. The highest BCUT2D eigenvalue weighted by Crippen LogP contribution is 2.30. The van der Waals surface area contributed by atoms with E-state index in [9.17, 15) is 0 Å². The Balaban J connectivity index is 2.37. The van der Waals surface area contributed by atoms with Crippen LogP contribution in [0, 0.1) is 0 Å². The van der Waals surface area contributed by atoms with E-state index in [0.29, 0.717) is 5.92 Å². The third-order valence-corrected chi connectivity index (χ3v) is 3.15. The number of likely N-dealkylation sites (N-methyl/N-ethyl adjacent to an activating group) is 1. The first kappa shape index (κ1) is 9.57. The molecule has 0 saturated carbocycles. The topological polar surface area (TPSA) is 3.24 Å². The molecule has 1 aromatic carbocycles. The maximum absolute atomic E-state index is 2.47. The molecule has 0 bridgehead atoms. The largest absolute Gasteiger partial charge is 0.371 e. The van der Waals surface area contributed by atoms with Gasteiger partial charge >= 0.3 is 0 Å². The second kappa shape index (κ2) is 3.64. The summed E-state index contributed by atoms with van der Waals surface area (Å²) >= 11 is 0. The van der Waals surface area contributed by atoms with Crippen molar-refractivity contribution in [2.45, 2.75) is 33.1 Å². The smallest absolute Gasteiger partial charge is 0.0402 e. The van der Waals surface area contributed by atoms with Gasteiger partial charge in [-0.2, -0.15) is 0 Å². The minimum Gasteiger partial charge on any atom is -0.371 e. The minimum atomic E-state index is 0.639. The average Bonchev–Trinajstić information content (AvgIpc) is 2.59. The van der Waals surface area contributed by atoms with Crippen molar-refractivity contribution in [2.24, 2.45) is 0 Å².